The Bertz CT molecular complexity index is 689. The molecule has 104 valence electrons. The van der Waals surface area contributed by atoms with E-state index in [4.69, 9.17) is 0 Å². The van der Waals surface area contributed by atoms with Gasteiger partial charge in [-0.2, -0.15) is 0 Å². The summed E-state index contributed by atoms with van der Waals surface area (Å²) in [5.74, 6) is -0.00853. The highest BCUT2D eigenvalue weighted by molar-refractivity contribution is 5.35. The van der Waals surface area contributed by atoms with Crippen molar-refractivity contribution in [2.24, 2.45) is 0 Å². The van der Waals surface area contributed by atoms with Crippen LogP contribution in [0.2, 0.25) is 0 Å². The summed E-state index contributed by atoms with van der Waals surface area (Å²) >= 11 is 0. The second-order valence-corrected chi connectivity index (χ2v) is 5.21. The molecule has 1 unspecified atom stereocenters. The normalized spacial score (nSPS) is 12.0. The quantitative estimate of drug-likeness (QED) is 0.614. The first-order valence-corrected chi connectivity index (χ1v) is 7.17. The van der Waals surface area contributed by atoms with Crippen molar-refractivity contribution in [2.45, 2.75) is 12.3 Å². The average Bonchev–Trinajstić information content (AvgIpc) is 2.54. The molecule has 3 aromatic carbocycles. The summed E-state index contributed by atoms with van der Waals surface area (Å²) in [4.78, 5) is 0. The molecule has 0 spiro atoms. The maximum absolute atomic E-state index is 13.6. The lowest BCUT2D eigenvalue weighted by Crippen LogP contribution is -2.05. The summed E-state index contributed by atoms with van der Waals surface area (Å²) in [7, 11) is 0. The van der Waals surface area contributed by atoms with Crippen LogP contribution in [-0.2, 0) is 6.42 Å². The zero-order chi connectivity index (χ0) is 14.5. The third kappa shape index (κ3) is 3.38. The first kappa shape index (κ1) is 13.6. The molecule has 0 saturated heterocycles. The van der Waals surface area contributed by atoms with Gasteiger partial charge in [-0.1, -0.05) is 72.8 Å². The van der Waals surface area contributed by atoms with Crippen LogP contribution in [0.25, 0.3) is 0 Å². The minimum Gasteiger partial charge on any atom is -0.207 e. The van der Waals surface area contributed by atoms with Crippen molar-refractivity contribution in [1.82, 2.24) is 0 Å². The molecule has 0 aromatic heterocycles. The van der Waals surface area contributed by atoms with Crippen molar-refractivity contribution in [3.63, 3.8) is 0 Å². The minimum atomic E-state index is -0.179. The van der Waals surface area contributed by atoms with Gasteiger partial charge >= 0.3 is 0 Å². The van der Waals surface area contributed by atoms with Crippen molar-refractivity contribution in [1.29, 1.82) is 0 Å². The molecule has 0 fully saturated rings. The molecular formula is C20H17F. The molecule has 3 rings (SSSR count). The summed E-state index contributed by atoms with van der Waals surface area (Å²) in [6.07, 6.45) is 0.869. The highest BCUT2D eigenvalue weighted by Crippen LogP contribution is 2.28. The van der Waals surface area contributed by atoms with Crippen LogP contribution in [0.15, 0.2) is 84.9 Å². The Morgan fingerprint density at radius 3 is 1.95 bits per heavy atom. The summed E-state index contributed by atoms with van der Waals surface area (Å²) in [5, 5.41) is 0. The topological polar surface area (TPSA) is 0 Å². The van der Waals surface area contributed by atoms with E-state index < -0.39 is 0 Å². The number of hydrogen-bond acceptors (Lipinski definition) is 0. The van der Waals surface area contributed by atoms with Gasteiger partial charge in [-0.15, -0.1) is 0 Å². The van der Waals surface area contributed by atoms with Gasteiger partial charge in [0.15, 0.2) is 0 Å². The van der Waals surface area contributed by atoms with Gasteiger partial charge in [0.25, 0.3) is 0 Å². The van der Waals surface area contributed by atoms with Gasteiger partial charge in [0.05, 0.1) is 0 Å². The second-order valence-electron chi connectivity index (χ2n) is 5.21. The summed E-state index contributed by atoms with van der Waals surface area (Å²) < 4.78 is 13.6. The van der Waals surface area contributed by atoms with E-state index in [9.17, 15) is 4.39 Å². The summed E-state index contributed by atoms with van der Waals surface area (Å²) in [6, 6.07) is 27.6. The fourth-order valence-electron chi connectivity index (χ4n) is 2.69. The van der Waals surface area contributed by atoms with Gasteiger partial charge in [0.1, 0.15) is 5.82 Å². The Hall–Kier alpha value is -2.41. The smallest absolute Gasteiger partial charge is 0.123 e. The van der Waals surface area contributed by atoms with E-state index in [1.54, 1.807) is 12.1 Å². The zero-order valence-corrected chi connectivity index (χ0v) is 11.7. The summed E-state index contributed by atoms with van der Waals surface area (Å²) in [6.45, 7) is 0. The Labute approximate surface area is 124 Å². The van der Waals surface area contributed by atoms with Crippen LogP contribution in [0.3, 0.4) is 0 Å². The number of hydrogen-bond donors (Lipinski definition) is 0. The van der Waals surface area contributed by atoms with E-state index in [0.29, 0.717) is 0 Å². The number of halogens is 1. The van der Waals surface area contributed by atoms with Gasteiger partial charge in [-0.25, -0.2) is 4.39 Å². The standard InChI is InChI=1S/C20H17F/c21-19-13-7-12-18(15-19)20(17-10-5-2-6-11-17)14-16-8-3-1-4-9-16/h1-13,15,20H,14H2. The molecule has 1 heteroatoms. The van der Waals surface area contributed by atoms with Gasteiger partial charge < -0.3 is 0 Å². The van der Waals surface area contributed by atoms with Crippen LogP contribution >= 0.6 is 0 Å². The predicted octanol–water partition coefficient (Wildman–Crippen LogP) is 5.20. The van der Waals surface area contributed by atoms with E-state index in [1.807, 2.05) is 42.5 Å². The Morgan fingerprint density at radius 1 is 0.667 bits per heavy atom. The third-order valence-corrected chi connectivity index (χ3v) is 3.74. The lowest BCUT2D eigenvalue weighted by molar-refractivity contribution is 0.622. The van der Waals surface area contributed by atoms with E-state index >= 15 is 0 Å². The average molecular weight is 276 g/mol. The fourth-order valence-corrected chi connectivity index (χ4v) is 2.69. The number of benzene rings is 3. The molecule has 0 aliphatic heterocycles. The molecule has 21 heavy (non-hydrogen) atoms. The van der Waals surface area contributed by atoms with Gasteiger partial charge in [0.2, 0.25) is 0 Å². The van der Waals surface area contributed by atoms with E-state index in [1.165, 1.54) is 17.2 Å². The monoisotopic (exact) mass is 276 g/mol. The van der Waals surface area contributed by atoms with Crippen LogP contribution in [0.5, 0.6) is 0 Å². The first-order valence-electron chi connectivity index (χ1n) is 7.17. The van der Waals surface area contributed by atoms with Crippen molar-refractivity contribution in [2.75, 3.05) is 0 Å². The maximum Gasteiger partial charge on any atom is 0.123 e. The molecule has 3 aromatic rings. The fraction of sp³-hybridized carbons (Fsp3) is 0.100. The molecule has 0 aliphatic carbocycles. The highest BCUT2D eigenvalue weighted by atomic mass is 19.1. The van der Waals surface area contributed by atoms with Gasteiger partial charge in [0, 0.05) is 5.92 Å². The molecular weight excluding hydrogens is 259 g/mol. The molecule has 0 bridgehead atoms. The maximum atomic E-state index is 13.6. The first-order chi connectivity index (χ1) is 10.3. The summed E-state index contributed by atoms with van der Waals surface area (Å²) in [5.41, 5.74) is 3.49. The molecule has 0 saturated carbocycles. The van der Waals surface area contributed by atoms with Gasteiger partial charge in [-0.05, 0) is 35.2 Å². The second kappa shape index (κ2) is 6.36. The van der Waals surface area contributed by atoms with Crippen molar-refractivity contribution >= 4 is 0 Å². The zero-order valence-electron chi connectivity index (χ0n) is 11.7. The molecule has 0 nitrogen and oxygen atoms in total. The molecule has 1 atom stereocenters. The van der Waals surface area contributed by atoms with Crippen LogP contribution in [-0.4, -0.2) is 0 Å². The lowest BCUT2D eigenvalue weighted by atomic mass is 9.86. The van der Waals surface area contributed by atoms with Crippen LogP contribution in [0.4, 0.5) is 4.39 Å². The van der Waals surface area contributed by atoms with Crippen molar-refractivity contribution < 1.29 is 4.39 Å². The van der Waals surface area contributed by atoms with E-state index in [-0.39, 0.29) is 11.7 Å². The Morgan fingerprint density at radius 2 is 1.29 bits per heavy atom. The lowest BCUT2D eigenvalue weighted by Gasteiger charge is -2.18. The molecule has 0 N–H and O–H groups in total. The third-order valence-electron chi connectivity index (χ3n) is 3.74. The van der Waals surface area contributed by atoms with Crippen molar-refractivity contribution in [3.05, 3.63) is 107 Å². The van der Waals surface area contributed by atoms with E-state index in [0.717, 1.165) is 12.0 Å². The Kier molecular flexibility index (Phi) is 4.11. The molecule has 0 radical (unpaired) electrons. The van der Waals surface area contributed by atoms with Crippen LogP contribution in [0, 0.1) is 5.82 Å². The SMILES string of the molecule is Fc1cccc(C(Cc2ccccc2)c2ccccc2)c1. The van der Waals surface area contributed by atoms with Crippen LogP contribution < -0.4 is 0 Å². The Balaban J connectivity index is 1.99. The van der Waals surface area contributed by atoms with Crippen molar-refractivity contribution in [3.8, 4) is 0 Å². The van der Waals surface area contributed by atoms with E-state index in [2.05, 4.69) is 24.3 Å². The molecule has 0 amide bonds. The highest BCUT2D eigenvalue weighted by Gasteiger charge is 2.15. The molecule has 0 aliphatic rings. The minimum absolute atomic E-state index is 0.171. The van der Waals surface area contributed by atoms with Crippen LogP contribution in [0.1, 0.15) is 22.6 Å². The largest absolute Gasteiger partial charge is 0.207 e. The number of rotatable bonds is 4. The molecule has 0 heterocycles. The predicted molar refractivity (Wildman–Crippen MR) is 84.8 cm³/mol. The van der Waals surface area contributed by atoms with Gasteiger partial charge in [-0.3, -0.25) is 0 Å².